The molecule has 0 aliphatic carbocycles. The first-order valence-corrected chi connectivity index (χ1v) is 15.0. The third kappa shape index (κ3) is 6.56. The summed E-state index contributed by atoms with van der Waals surface area (Å²) in [6.45, 7) is 6.44. The molecule has 0 saturated carbocycles. The molecule has 0 amide bonds. The average molecular weight is 548 g/mol. The Morgan fingerprint density at radius 2 is 1.23 bits per heavy atom. The van der Waals surface area contributed by atoms with Crippen LogP contribution in [0.25, 0.3) is 11.0 Å². The molecule has 4 heterocycles. The number of aromatic nitrogens is 3. The maximum absolute atomic E-state index is 10.7. The van der Waals surface area contributed by atoms with E-state index in [0.29, 0.717) is 11.2 Å². The largest absolute Gasteiger partial charge is 0.451 e. The Bertz CT molecular complexity index is 999. The maximum atomic E-state index is 9.87. The van der Waals surface area contributed by atoms with Crippen molar-refractivity contribution in [3.63, 3.8) is 0 Å². The van der Waals surface area contributed by atoms with E-state index in [1.54, 1.807) is 4.85 Å². The monoisotopic (exact) mass is 548 g/mol. The van der Waals surface area contributed by atoms with Gasteiger partial charge >= 0.3 is 40.9 Å². The molecular formula is C18H28F6N8OP2. The summed E-state index contributed by atoms with van der Waals surface area (Å²) in [6, 6.07) is 5.58. The summed E-state index contributed by atoms with van der Waals surface area (Å²) in [7, 11) is -12.9. The van der Waals surface area contributed by atoms with Crippen molar-refractivity contribution < 1.29 is 29.8 Å². The zero-order valence-corrected chi connectivity index (χ0v) is 20.7. The van der Waals surface area contributed by atoms with Gasteiger partial charge in [-0.2, -0.15) is 9.74 Å². The molecular weight excluding hydrogens is 520 g/mol. The van der Waals surface area contributed by atoms with E-state index in [2.05, 4.69) is 29.4 Å². The summed E-state index contributed by atoms with van der Waals surface area (Å²) in [5.74, 6) is 0. The summed E-state index contributed by atoms with van der Waals surface area (Å²) in [5.41, 5.74) is 9.53. The van der Waals surface area contributed by atoms with Gasteiger partial charge in [-0.05, 0) is 60.7 Å². The smallest absolute Gasteiger partial charge is 0.204 e. The zero-order chi connectivity index (χ0) is 25.4. The van der Waals surface area contributed by atoms with Crippen molar-refractivity contribution in [2.24, 2.45) is 5.11 Å². The fraction of sp³-hybridized carbons (Fsp3) is 0.667. The second-order valence-electron chi connectivity index (χ2n) is 8.75. The number of hydrogen-bond acceptors (Lipinski definition) is 8. The van der Waals surface area contributed by atoms with Gasteiger partial charge in [0.25, 0.3) is 0 Å². The molecule has 2 aromatic rings. The summed E-state index contributed by atoms with van der Waals surface area (Å²) in [4.78, 5) is 1.57. The number of halogens is 6. The molecule has 1 aromatic carbocycles. The fourth-order valence-electron chi connectivity index (χ4n) is 4.76. The van der Waals surface area contributed by atoms with Crippen molar-refractivity contribution in [3.8, 4) is 0 Å². The van der Waals surface area contributed by atoms with E-state index < -0.39 is 15.8 Å². The Morgan fingerprint density at radius 3 is 1.63 bits per heavy atom. The van der Waals surface area contributed by atoms with Crippen LogP contribution >= 0.6 is 15.8 Å². The predicted octanol–water partition coefficient (Wildman–Crippen LogP) is 6.87. The van der Waals surface area contributed by atoms with Crippen LogP contribution in [0.1, 0.15) is 38.5 Å². The van der Waals surface area contributed by atoms with Crippen LogP contribution in [0.4, 0.5) is 30.9 Å². The van der Waals surface area contributed by atoms with Gasteiger partial charge in [0.1, 0.15) is 11.2 Å². The van der Waals surface area contributed by atoms with E-state index in [9.17, 15) is 25.2 Å². The molecule has 1 N–H and O–H groups in total. The molecule has 3 aliphatic rings. The Hall–Kier alpha value is -1.66. The van der Waals surface area contributed by atoms with Crippen LogP contribution in [0, 0.1) is 5.53 Å². The molecule has 0 bridgehead atoms. The van der Waals surface area contributed by atoms with Crippen LogP contribution in [0.2, 0.25) is 0 Å². The molecule has 3 fully saturated rings. The number of hydrogen-bond donors (Lipinski definition) is 1. The molecule has 5 rings (SSSR count). The van der Waals surface area contributed by atoms with E-state index in [-0.39, 0.29) is 0 Å². The van der Waals surface area contributed by atoms with Gasteiger partial charge in [-0.3, -0.25) is 0 Å². The van der Waals surface area contributed by atoms with Gasteiger partial charge in [0, 0.05) is 39.3 Å². The van der Waals surface area contributed by atoms with E-state index in [1.165, 1.54) is 38.5 Å². The quantitative estimate of drug-likeness (QED) is 0.241. The molecule has 198 valence electrons. The Kier molecular flexibility index (Phi) is 6.81. The third-order valence-electron chi connectivity index (χ3n) is 6.08. The van der Waals surface area contributed by atoms with E-state index in [4.69, 9.17) is 10.2 Å². The molecule has 0 atom stereocenters. The first-order valence-electron chi connectivity index (χ1n) is 11.4. The van der Waals surface area contributed by atoms with Gasteiger partial charge in [0.2, 0.25) is 0 Å². The number of nitrogens with zero attached hydrogens (tertiary/aromatic N) is 7. The average Bonchev–Trinajstić information content (AvgIpc) is 3.56. The SMILES string of the molecule is F[P-](F)(F)(F)(F)F.N=Nc1cccc2nnn(O[P+](N3CCCC3)(N3CCCC3)N3CCCC3)c12. The first kappa shape index (κ1) is 26.4. The van der Waals surface area contributed by atoms with Crippen molar-refractivity contribution in [1.82, 2.24) is 29.2 Å². The number of fused-ring (bicyclic) bond motifs is 1. The van der Waals surface area contributed by atoms with Crippen LogP contribution < -0.4 is 4.62 Å². The summed E-state index contributed by atoms with van der Waals surface area (Å²) in [6.07, 6.45) is 7.32. The predicted molar refractivity (Wildman–Crippen MR) is 122 cm³/mol. The minimum atomic E-state index is -10.7. The first-order chi connectivity index (χ1) is 16.3. The van der Waals surface area contributed by atoms with Crippen molar-refractivity contribution in [3.05, 3.63) is 18.2 Å². The second kappa shape index (κ2) is 9.02. The van der Waals surface area contributed by atoms with Gasteiger partial charge in [-0.15, -0.1) is 19.1 Å². The Labute approximate surface area is 198 Å². The Morgan fingerprint density at radius 1 is 0.800 bits per heavy atom. The number of nitrogens with one attached hydrogen (secondary N) is 1. The standard InChI is InChI=1S/C18H28N8OP.F6P/c19-20-16-8-7-9-17-18(16)26(22-21-17)27-28(23-10-1-2-11-23,24-12-3-4-13-24)25-14-5-6-15-25;1-7(2,3,4,5)6/h7-9,19H,1-6,10-15H2;/q+1;-1. The molecule has 35 heavy (non-hydrogen) atoms. The van der Waals surface area contributed by atoms with Gasteiger partial charge < -0.3 is 0 Å². The number of para-hydroxylation sites is 1. The summed E-state index contributed by atoms with van der Waals surface area (Å²) >= 11 is 0. The normalized spacial score (nSPS) is 22.6. The minimum absolute atomic E-state index is 0.546. The topological polar surface area (TPSA) is 85.9 Å². The van der Waals surface area contributed by atoms with Crippen molar-refractivity contribution in [1.29, 1.82) is 5.53 Å². The van der Waals surface area contributed by atoms with Gasteiger partial charge in [-0.1, -0.05) is 6.07 Å². The van der Waals surface area contributed by atoms with E-state index in [1.807, 2.05) is 18.2 Å². The van der Waals surface area contributed by atoms with Crippen LogP contribution in [0.5, 0.6) is 0 Å². The van der Waals surface area contributed by atoms with Crippen molar-refractivity contribution >= 4 is 32.5 Å². The fourth-order valence-corrected chi connectivity index (χ4v) is 8.87. The van der Waals surface area contributed by atoms with Crippen LogP contribution in [-0.2, 0) is 0 Å². The van der Waals surface area contributed by atoms with Crippen LogP contribution in [-0.4, -0.2) is 68.4 Å². The molecule has 1 aromatic heterocycles. The van der Waals surface area contributed by atoms with Gasteiger partial charge in [0.15, 0.2) is 5.52 Å². The van der Waals surface area contributed by atoms with E-state index >= 15 is 0 Å². The third-order valence-corrected chi connectivity index (χ3v) is 9.86. The van der Waals surface area contributed by atoms with Crippen LogP contribution in [0.15, 0.2) is 23.3 Å². The maximum Gasteiger partial charge on any atom is 0.451 e. The molecule has 3 saturated heterocycles. The second-order valence-corrected chi connectivity index (χ2v) is 13.6. The number of benzene rings is 1. The van der Waals surface area contributed by atoms with E-state index in [0.717, 1.165) is 44.8 Å². The van der Waals surface area contributed by atoms with Crippen LogP contribution in [0.3, 0.4) is 0 Å². The number of rotatable bonds is 6. The summed E-state index contributed by atoms with van der Waals surface area (Å²) < 4.78 is 73.9. The molecule has 0 spiro atoms. The minimum Gasteiger partial charge on any atom is -0.204 e. The molecule has 9 nitrogen and oxygen atoms in total. The zero-order valence-electron chi connectivity index (χ0n) is 18.9. The molecule has 0 radical (unpaired) electrons. The molecule has 17 heteroatoms. The molecule has 0 unspecified atom stereocenters. The van der Waals surface area contributed by atoms with Gasteiger partial charge in [-0.25, -0.2) is 5.53 Å². The Balaban J connectivity index is 0.000000364. The molecule has 3 aliphatic heterocycles. The summed E-state index contributed by atoms with van der Waals surface area (Å²) in [5, 5.41) is 12.3. The van der Waals surface area contributed by atoms with Gasteiger partial charge in [0.05, 0.1) is 0 Å². The van der Waals surface area contributed by atoms with Crippen molar-refractivity contribution in [2.75, 3.05) is 39.3 Å². The van der Waals surface area contributed by atoms with Crippen molar-refractivity contribution in [2.45, 2.75) is 38.5 Å².